The van der Waals surface area contributed by atoms with Gasteiger partial charge in [-0.2, -0.15) is 0 Å². The van der Waals surface area contributed by atoms with Gasteiger partial charge in [0.05, 0.1) is 6.10 Å². The second-order valence-electron chi connectivity index (χ2n) is 2.32. The molecule has 58 valence electrons. The van der Waals surface area contributed by atoms with Gasteiger partial charge in [-0.15, -0.1) is 11.3 Å². The van der Waals surface area contributed by atoms with Crippen LogP contribution in [0.25, 0.3) is 0 Å². The van der Waals surface area contributed by atoms with Crippen molar-refractivity contribution < 1.29 is 5.11 Å². The molecule has 0 saturated heterocycles. The molecule has 1 N–H and O–H groups in total. The zero-order valence-electron chi connectivity index (χ0n) is 6.08. The van der Waals surface area contributed by atoms with Gasteiger partial charge >= 0.3 is 29.6 Å². The van der Waals surface area contributed by atoms with Gasteiger partial charge in [0, 0.05) is 4.88 Å². The number of aliphatic hydroxyl groups is 1. The molecule has 1 nitrogen and oxygen atoms in total. The fourth-order valence-corrected chi connectivity index (χ4v) is 1.64. The molecule has 0 fully saturated rings. The van der Waals surface area contributed by atoms with E-state index in [0.29, 0.717) is 0 Å². The minimum absolute atomic E-state index is 0. The monoisotopic (exact) mass is 180 g/mol. The number of hydrogen-bond acceptors (Lipinski definition) is 2. The third-order valence-corrected chi connectivity index (χ3v) is 2.41. The van der Waals surface area contributed by atoms with E-state index < -0.39 is 0 Å². The van der Waals surface area contributed by atoms with Crippen molar-refractivity contribution in [2.24, 2.45) is 0 Å². The predicted octanol–water partition coefficient (Wildman–Crippen LogP) is 1.93. The quantitative estimate of drug-likeness (QED) is 0.705. The van der Waals surface area contributed by atoms with Crippen molar-refractivity contribution in [2.75, 3.05) is 0 Å². The van der Waals surface area contributed by atoms with Gasteiger partial charge < -0.3 is 5.11 Å². The Kier molecular flexibility index (Phi) is 6.58. The molecular formula is C8H13NaOS. The molecule has 1 aromatic rings. The van der Waals surface area contributed by atoms with Crippen molar-refractivity contribution in [2.45, 2.75) is 25.9 Å². The van der Waals surface area contributed by atoms with Gasteiger partial charge in [-0.3, -0.25) is 0 Å². The Morgan fingerprint density at radius 1 is 1.64 bits per heavy atom. The first-order valence-electron chi connectivity index (χ1n) is 3.56. The van der Waals surface area contributed by atoms with E-state index in [0.717, 1.165) is 17.7 Å². The SMILES string of the molecule is CCCC(O)c1cccs1.[NaH]. The summed E-state index contributed by atoms with van der Waals surface area (Å²) in [6.45, 7) is 2.08. The summed E-state index contributed by atoms with van der Waals surface area (Å²) in [4.78, 5) is 1.09. The van der Waals surface area contributed by atoms with Crippen molar-refractivity contribution in [1.29, 1.82) is 0 Å². The third-order valence-electron chi connectivity index (χ3n) is 1.43. The minimum atomic E-state index is -0.231. The third kappa shape index (κ3) is 3.72. The molecule has 0 radical (unpaired) electrons. The zero-order valence-corrected chi connectivity index (χ0v) is 6.90. The average Bonchev–Trinajstić information content (AvgIpc) is 2.38. The molecule has 0 bridgehead atoms. The summed E-state index contributed by atoms with van der Waals surface area (Å²) in [5.41, 5.74) is 0. The maximum atomic E-state index is 9.42. The summed E-state index contributed by atoms with van der Waals surface area (Å²) in [7, 11) is 0. The van der Waals surface area contributed by atoms with Crippen LogP contribution in [0, 0.1) is 0 Å². The van der Waals surface area contributed by atoms with Gasteiger partial charge in [0.2, 0.25) is 0 Å². The van der Waals surface area contributed by atoms with Crippen LogP contribution in [0.1, 0.15) is 30.7 Å². The molecule has 1 unspecified atom stereocenters. The normalized spacial score (nSPS) is 12.2. The molecule has 1 rings (SSSR count). The van der Waals surface area contributed by atoms with Crippen LogP contribution in [0.3, 0.4) is 0 Å². The van der Waals surface area contributed by atoms with E-state index in [9.17, 15) is 5.11 Å². The van der Waals surface area contributed by atoms with Gasteiger partial charge in [-0.1, -0.05) is 19.4 Å². The molecule has 0 spiro atoms. The van der Waals surface area contributed by atoms with E-state index in [1.165, 1.54) is 0 Å². The van der Waals surface area contributed by atoms with Crippen LogP contribution in [0.2, 0.25) is 0 Å². The van der Waals surface area contributed by atoms with Gasteiger partial charge in [-0.05, 0) is 17.9 Å². The van der Waals surface area contributed by atoms with Crippen molar-refractivity contribution in [1.82, 2.24) is 0 Å². The van der Waals surface area contributed by atoms with E-state index in [1.807, 2.05) is 17.5 Å². The number of rotatable bonds is 3. The topological polar surface area (TPSA) is 20.2 Å². The Hall–Kier alpha value is 0.660. The fourth-order valence-electron chi connectivity index (χ4n) is 0.897. The van der Waals surface area contributed by atoms with Crippen LogP contribution in [0.5, 0.6) is 0 Å². The van der Waals surface area contributed by atoms with E-state index >= 15 is 0 Å². The second kappa shape index (κ2) is 6.21. The van der Waals surface area contributed by atoms with Crippen molar-refractivity contribution in [3.05, 3.63) is 22.4 Å². The maximum absolute atomic E-state index is 9.42. The number of thiophene rings is 1. The van der Waals surface area contributed by atoms with E-state index in [2.05, 4.69) is 6.92 Å². The van der Waals surface area contributed by atoms with E-state index in [-0.39, 0.29) is 35.7 Å². The first kappa shape index (κ1) is 11.7. The Balaban J connectivity index is 0.000001000. The molecule has 3 heteroatoms. The molecule has 0 saturated carbocycles. The first-order valence-corrected chi connectivity index (χ1v) is 4.44. The molecule has 0 aliphatic heterocycles. The zero-order chi connectivity index (χ0) is 7.40. The molecule has 1 atom stereocenters. The fraction of sp³-hybridized carbons (Fsp3) is 0.500. The molecule has 0 aliphatic carbocycles. The molecular weight excluding hydrogens is 167 g/mol. The molecule has 11 heavy (non-hydrogen) atoms. The summed E-state index contributed by atoms with van der Waals surface area (Å²) in [6, 6.07) is 3.95. The summed E-state index contributed by atoms with van der Waals surface area (Å²) in [6.07, 6.45) is 1.68. The van der Waals surface area contributed by atoms with Gasteiger partial charge in [-0.25, -0.2) is 0 Å². The average molecular weight is 180 g/mol. The Labute approximate surface area is 93.7 Å². The summed E-state index contributed by atoms with van der Waals surface area (Å²) >= 11 is 1.62. The Morgan fingerprint density at radius 3 is 2.82 bits per heavy atom. The second-order valence-corrected chi connectivity index (χ2v) is 3.30. The van der Waals surface area contributed by atoms with Crippen molar-refractivity contribution >= 4 is 40.9 Å². The standard InChI is InChI=1S/C8H12OS.Na.H/c1-2-4-7(9)8-5-3-6-10-8;;/h3,5-7,9H,2,4H2,1H3;;. The summed E-state index contributed by atoms with van der Waals surface area (Å²) in [5.74, 6) is 0. The van der Waals surface area contributed by atoms with Gasteiger partial charge in [0.1, 0.15) is 0 Å². The number of hydrogen-bond donors (Lipinski definition) is 1. The molecule has 0 aliphatic rings. The molecule has 0 aromatic carbocycles. The molecule has 1 aromatic heterocycles. The summed E-state index contributed by atoms with van der Waals surface area (Å²) < 4.78 is 0. The predicted molar refractivity (Wildman–Crippen MR) is 51.3 cm³/mol. The van der Waals surface area contributed by atoms with E-state index in [4.69, 9.17) is 0 Å². The molecule has 0 amide bonds. The Bertz CT molecular complexity index is 174. The Morgan fingerprint density at radius 2 is 2.36 bits per heavy atom. The van der Waals surface area contributed by atoms with Gasteiger partial charge in [0.25, 0.3) is 0 Å². The summed E-state index contributed by atoms with van der Waals surface area (Å²) in [5, 5.41) is 11.4. The van der Waals surface area contributed by atoms with Crippen molar-refractivity contribution in [3.63, 3.8) is 0 Å². The van der Waals surface area contributed by atoms with E-state index in [1.54, 1.807) is 11.3 Å². The van der Waals surface area contributed by atoms with Crippen LogP contribution in [-0.2, 0) is 0 Å². The van der Waals surface area contributed by atoms with Crippen LogP contribution in [-0.4, -0.2) is 34.7 Å². The number of aliphatic hydroxyl groups excluding tert-OH is 1. The van der Waals surface area contributed by atoms with Crippen LogP contribution in [0.15, 0.2) is 17.5 Å². The van der Waals surface area contributed by atoms with Gasteiger partial charge in [0.15, 0.2) is 0 Å². The first-order chi connectivity index (χ1) is 4.84. The molecule has 1 heterocycles. The van der Waals surface area contributed by atoms with Crippen LogP contribution in [0.4, 0.5) is 0 Å². The van der Waals surface area contributed by atoms with Crippen LogP contribution >= 0.6 is 11.3 Å². The van der Waals surface area contributed by atoms with Crippen molar-refractivity contribution in [3.8, 4) is 0 Å². The van der Waals surface area contributed by atoms with Crippen LogP contribution < -0.4 is 0 Å².